The number of piperazine rings is 1. The number of nitrogens with zero attached hydrogens (tertiary/aromatic N) is 2. The molecule has 2 heterocycles. The smallest absolute Gasteiger partial charge is 0.251 e. The van der Waals surface area contributed by atoms with Crippen molar-refractivity contribution in [3.05, 3.63) is 27.2 Å². The second-order valence-electron chi connectivity index (χ2n) is 6.40. The zero-order valence-corrected chi connectivity index (χ0v) is 16.4. The van der Waals surface area contributed by atoms with Crippen LogP contribution in [-0.2, 0) is 14.3 Å². The summed E-state index contributed by atoms with van der Waals surface area (Å²) in [6.45, 7) is 3.31. The molecule has 0 spiro atoms. The van der Waals surface area contributed by atoms with Crippen LogP contribution in [0.15, 0.2) is 12.1 Å². The van der Waals surface area contributed by atoms with E-state index in [-0.39, 0.29) is 24.5 Å². The Morgan fingerprint density at radius 1 is 1.12 bits per heavy atom. The Balaban J connectivity index is 1.48. The van der Waals surface area contributed by atoms with E-state index in [1.807, 2.05) is 9.80 Å². The first-order valence-electron chi connectivity index (χ1n) is 8.51. The van der Waals surface area contributed by atoms with E-state index in [1.54, 1.807) is 0 Å². The van der Waals surface area contributed by atoms with Crippen LogP contribution in [0.25, 0.3) is 0 Å². The lowest BCUT2D eigenvalue weighted by Gasteiger charge is -2.35. The summed E-state index contributed by atoms with van der Waals surface area (Å²) < 4.78 is 5.45. The number of ether oxygens (including phenoxy) is 1. The summed E-state index contributed by atoms with van der Waals surface area (Å²) in [5, 5.41) is 3.72. The van der Waals surface area contributed by atoms with E-state index < -0.39 is 0 Å². The van der Waals surface area contributed by atoms with Gasteiger partial charge in [0.2, 0.25) is 5.91 Å². The molecule has 1 aromatic rings. The number of carbonyl (C=O) groups is 2. The second kappa shape index (κ2) is 8.76. The maximum absolute atomic E-state index is 12.3. The van der Waals surface area contributed by atoms with Crippen molar-refractivity contribution in [2.45, 2.75) is 18.9 Å². The molecule has 0 bridgehead atoms. The molecule has 2 saturated heterocycles. The van der Waals surface area contributed by atoms with Crippen LogP contribution < -0.4 is 5.32 Å². The van der Waals surface area contributed by atoms with Gasteiger partial charge in [-0.2, -0.15) is 0 Å². The number of benzene rings is 1. The highest BCUT2D eigenvalue weighted by atomic mass is 35.5. The highest BCUT2D eigenvalue weighted by Crippen LogP contribution is 2.33. The molecule has 2 aliphatic rings. The topological polar surface area (TPSA) is 61.9 Å². The van der Waals surface area contributed by atoms with Gasteiger partial charge in [0, 0.05) is 37.8 Å². The predicted molar refractivity (Wildman–Crippen MR) is 102 cm³/mol. The van der Waals surface area contributed by atoms with Crippen molar-refractivity contribution >= 4 is 52.3 Å². The minimum Gasteiger partial charge on any atom is -0.368 e. The van der Waals surface area contributed by atoms with Gasteiger partial charge in [0.05, 0.1) is 22.3 Å². The van der Waals surface area contributed by atoms with E-state index >= 15 is 0 Å². The van der Waals surface area contributed by atoms with Gasteiger partial charge >= 0.3 is 0 Å². The number of carbonyl (C=O) groups excluding carboxylic acids is 2. The molecule has 2 amide bonds. The highest BCUT2D eigenvalue weighted by Gasteiger charge is 2.30. The van der Waals surface area contributed by atoms with Crippen molar-refractivity contribution in [2.24, 2.45) is 0 Å². The number of anilines is 1. The van der Waals surface area contributed by atoms with Gasteiger partial charge in [0.15, 0.2) is 0 Å². The first-order valence-corrected chi connectivity index (χ1v) is 9.64. The van der Waals surface area contributed by atoms with Crippen molar-refractivity contribution in [3.8, 4) is 0 Å². The lowest BCUT2D eigenvalue weighted by molar-refractivity contribution is -0.142. The maximum atomic E-state index is 12.3. The van der Waals surface area contributed by atoms with Gasteiger partial charge in [-0.05, 0) is 25.0 Å². The molecule has 0 saturated carbocycles. The van der Waals surface area contributed by atoms with Gasteiger partial charge in [-0.25, -0.2) is 0 Å². The van der Waals surface area contributed by atoms with Crippen LogP contribution in [0, 0.1) is 0 Å². The second-order valence-corrected chi connectivity index (χ2v) is 7.65. The molecule has 26 heavy (non-hydrogen) atoms. The molecule has 142 valence electrons. The molecule has 1 atom stereocenters. The maximum Gasteiger partial charge on any atom is 0.251 e. The molecule has 9 heteroatoms. The lowest BCUT2D eigenvalue weighted by Crippen LogP contribution is -2.52. The first kappa shape index (κ1) is 19.7. The van der Waals surface area contributed by atoms with Crippen LogP contribution in [-0.4, -0.2) is 67.0 Å². The Bertz CT molecular complexity index is 664. The summed E-state index contributed by atoms with van der Waals surface area (Å²) in [5.74, 6) is -0.152. The summed E-state index contributed by atoms with van der Waals surface area (Å²) in [6.07, 6.45) is 1.44. The molecule has 6 nitrogen and oxygen atoms in total. The number of hydrogen-bond acceptors (Lipinski definition) is 4. The molecule has 1 unspecified atom stereocenters. The van der Waals surface area contributed by atoms with E-state index in [2.05, 4.69) is 5.32 Å². The van der Waals surface area contributed by atoms with Gasteiger partial charge in [-0.15, -0.1) is 0 Å². The monoisotopic (exact) mass is 419 g/mol. The average molecular weight is 421 g/mol. The number of amides is 2. The molecule has 1 N–H and O–H groups in total. The van der Waals surface area contributed by atoms with Gasteiger partial charge in [-0.1, -0.05) is 34.8 Å². The third-order valence-electron chi connectivity index (χ3n) is 4.53. The Kier molecular flexibility index (Phi) is 6.64. The zero-order valence-electron chi connectivity index (χ0n) is 14.1. The summed E-state index contributed by atoms with van der Waals surface area (Å²) in [6, 6.07) is 3.06. The van der Waals surface area contributed by atoms with Crippen molar-refractivity contribution in [3.63, 3.8) is 0 Å². The molecule has 0 aromatic heterocycles. The van der Waals surface area contributed by atoms with Crippen LogP contribution in [0.4, 0.5) is 5.69 Å². The van der Waals surface area contributed by atoms with Gasteiger partial charge < -0.3 is 15.0 Å². The fourth-order valence-electron chi connectivity index (χ4n) is 3.15. The summed E-state index contributed by atoms with van der Waals surface area (Å²) in [7, 11) is 0. The normalized spacial score (nSPS) is 21.0. The quantitative estimate of drug-likeness (QED) is 0.813. The number of rotatable bonds is 4. The summed E-state index contributed by atoms with van der Waals surface area (Å²) >= 11 is 18.0. The van der Waals surface area contributed by atoms with E-state index in [4.69, 9.17) is 39.5 Å². The number of nitrogens with one attached hydrogen (secondary N) is 1. The number of halogens is 3. The summed E-state index contributed by atoms with van der Waals surface area (Å²) in [4.78, 5) is 28.4. The van der Waals surface area contributed by atoms with Crippen LogP contribution >= 0.6 is 34.8 Å². The first-order chi connectivity index (χ1) is 12.4. The lowest BCUT2D eigenvalue weighted by atomic mass is 10.2. The molecular weight excluding hydrogens is 401 g/mol. The van der Waals surface area contributed by atoms with Crippen LogP contribution in [0.1, 0.15) is 12.8 Å². The van der Waals surface area contributed by atoms with Crippen LogP contribution in [0.2, 0.25) is 15.1 Å². The average Bonchev–Trinajstić information content (AvgIpc) is 3.13. The molecule has 2 fully saturated rings. The largest absolute Gasteiger partial charge is 0.368 e. The Labute approximate surface area is 167 Å². The van der Waals surface area contributed by atoms with E-state index in [0.29, 0.717) is 53.5 Å². The highest BCUT2D eigenvalue weighted by molar-refractivity contribution is 6.42. The minimum atomic E-state index is -0.293. The van der Waals surface area contributed by atoms with Crippen molar-refractivity contribution in [1.82, 2.24) is 9.80 Å². The molecule has 0 radical (unpaired) electrons. The van der Waals surface area contributed by atoms with Crippen molar-refractivity contribution < 1.29 is 14.3 Å². The fourth-order valence-corrected chi connectivity index (χ4v) is 4.06. The Morgan fingerprint density at radius 3 is 2.35 bits per heavy atom. The molecular formula is C17H20Cl3N3O3. The molecule has 2 aliphatic heterocycles. The van der Waals surface area contributed by atoms with E-state index in [1.165, 1.54) is 12.1 Å². The Hall–Kier alpha value is -1.05. The molecule has 3 rings (SSSR count). The minimum absolute atomic E-state index is 0.0614. The predicted octanol–water partition coefficient (Wildman–Crippen LogP) is 2.91. The fraction of sp³-hybridized carbons (Fsp3) is 0.529. The molecule has 1 aromatic carbocycles. The summed E-state index contributed by atoms with van der Waals surface area (Å²) in [5.41, 5.74) is 0.356. The zero-order chi connectivity index (χ0) is 18.7. The van der Waals surface area contributed by atoms with Gasteiger partial charge in [0.25, 0.3) is 5.91 Å². The third-order valence-corrected chi connectivity index (χ3v) is 5.34. The van der Waals surface area contributed by atoms with Gasteiger partial charge in [0.1, 0.15) is 6.10 Å². The third kappa shape index (κ3) is 4.81. The van der Waals surface area contributed by atoms with Crippen LogP contribution in [0.5, 0.6) is 0 Å². The Morgan fingerprint density at radius 2 is 1.77 bits per heavy atom. The van der Waals surface area contributed by atoms with Gasteiger partial charge in [-0.3, -0.25) is 14.5 Å². The number of hydrogen-bond donors (Lipinski definition) is 1. The standard InChI is InChI=1S/C17H20Cl3N3O3/c18-11-8-12(19)16(13(20)9-11)21-15(24)10-22-3-5-23(6-4-22)17(25)14-2-1-7-26-14/h8-9,14H,1-7,10H2,(H,21,24). The molecule has 0 aliphatic carbocycles. The van der Waals surface area contributed by atoms with E-state index in [9.17, 15) is 9.59 Å². The van der Waals surface area contributed by atoms with E-state index in [0.717, 1.165) is 12.8 Å². The SMILES string of the molecule is O=C(CN1CCN(C(=O)C2CCCO2)CC1)Nc1c(Cl)cc(Cl)cc1Cl. The van der Waals surface area contributed by atoms with Crippen molar-refractivity contribution in [1.29, 1.82) is 0 Å². The van der Waals surface area contributed by atoms with Crippen molar-refractivity contribution in [2.75, 3.05) is 44.6 Å². The van der Waals surface area contributed by atoms with Crippen LogP contribution in [0.3, 0.4) is 0 Å².